The lowest BCUT2D eigenvalue weighted by molar-refractivity contribution is 0.0479. The highest BCUT2D eigenvalue weighted by Gasteiger charge is 2.18. The van der Waals surface area contributed by atoms with Gasteiger partial charge in [-0.15, -0.1) is 11.3 Å². The molecule has 0 aliphatic heterocycles. The Labute approximate surface area is 154 Å². The number of rotatable bonds is 7. The lowest BCUT2D eigenvalue weighted by Gasteiger charge is -2.09. The number of ether oxygens (including phenoxy) is 3. The van der Waals surface area contributed by atoms with Crippen molar-refractivity contribution in [2.45, 2.75) is 0 Å². The maximum absolute atomic E-state index is 12.4. The molecule has 134 valence electrons. The first-order valence-corrected chi connectivity index (χ1v) is 8.65. The van der Waals surface area contributed by atoms with E-state index in [1.807, 2.05) is 40.5 Å². The van der Waals surface area contributed by atoms with Crippen LogP contribution in [0.4, 0.5) is 0 Å². The number of carbonyl (C=O) groups excluding carboxylic acids is 2. The number of carbonyl (C=O) groups is 2. The third kappa shape index (κ3) is 3.62. The van der Waals surface area contributed by atoms with Crippen LogP contribution in [0.5, 0.6) is 11.5 Å². The Morgan fingerprint density at radius 3 is 2.46 bits per heavy atom. The molecule has 0 saturated heterocycles. The van der Waals surface area contributed by atoms with E-state index in [0.29, 0.717) is 21.9 Å². The molecule has 0 atom stereocenters. The van der Waals surface area contributed by atoms with Crippen molar-refractivity contribution in [3.05, 3.63) is 64.6 Å². The summed E-state index contributed by atoms with van der Waals surface area (Å²) in [7, 11) is 3.01. The second-order valence-corrected chi connectivity index (χ2v) is 6.21. The summed E-state index contributed by atoms with van der Waals surface area (Å²) in [4.78, 5) is 25.1. The normalized spacial score (nSPS) is 10.4. The second-order valence-electron chi connectivity index (χ2n) is 5.29. The minimum Gasteiger partial charge on any atom is -0.493 e. The van der Waals surface area contributed by atoms with Gasteiger partial charge in [-0.25, -0.2) is 4.79 Å². The summed E-state index contributed by atoms with van der Waals surface area (Å²) < 4.78 is 17.4. The molecule has 0 spiro atoms. The molecule has 0 radical (unpaired) electrons. The zero-order valence-corrected chi connectivity index (χ0v) is 15.1. The minimum absolute atomic E-state index is 0.321. The van der Waals surface area contributed by atoms with E-state index in [1.54, 1.807) is 18.2 Å². The van der Waals surface area contributed by atoms with Crippen molar-refractivity contribution in [2.75, 3.05) is 20.8 Å². The van der Waals surface area contributed by atoms with Gasteiger partial charge in [-0.1, -0.05) is 0 Å². The van der Waals surface area contributed by atoms with Gasteiger partial charge in [-0.05, 0) is 41.8 Å². The van der Waals surface area contributed by atoms with Crippen LogP contribution >= 0.6 is 11.3 Å². The lowest BCUT2D eigenvalue weighted by Crippen LogP contribution is -2.14. The van der Waals surface area contributed by atoms with Crippen LogP contribution in [-0.2, 0) is 4.74 Å². The molecule has 1 aromatic carbocycles. The van der Waals surface area contributed by atoms with Crippen molar-refractivity contribution in [3.8, 4) is 17.2 Å². The second kappa shape index (κ2) is 7.88. The SMILES string of the molecule is COc1ccc(C(=O)COC(=O)c2sccc2-n2cccc2)cc1OC. The zero-order valence-electron chi connectivity index (χ0n) is 14.3. The minimum atomic E-state index is -0.530. The molecule has 6 nitrogen and oxygen atoms in total. The standard InChI is InChI=1S/C19H17NO5S/c1-23-16-6-5-13(11-17(16)24-2)15(21)12-25-19(22)18-14(7-10-26-18)20-8-3-4-9-20/h3-11H,12H2,1-2H3. The number of hydrogen-bond donors (Lipinski definition) is 0. The van der Waals surface area contributed by atoms with Crippen molar-refractivity contribution in [1.82, 2.24) is 4.57 Å². The molecule has 26 heavy (non-hydrogen) atoms. The Bertz CT molecular complexity index is 914. The summed E-state index contributed by atoms with van der Waals surface area (Å²) in [6, 6.07) is 10.4. The van der Waals surface area contributed by atoms with E-state index in [-0.39, 0.29) is 12.4 Å². The van der Waals surface area contributed by atoms with Gasteiger partial charge in [0, 0.05) is 18.0 Å². The van der Waals surface area contributed by atoms with Crippen molar-refractivity contribution < 1.29 is 23.8 Å². The molecule has 7 heteroatoms. The monoisotopic (exact) mass is 371 g/mol. The van der Waals surface area contributed by atoms with Gasteiger partial charge < -0.3 is 18.8 Å². The number of aromatic nitrogens is 1. The Balaban J connectivity index is 1.69. The maximum atomic E-state index is 12.4. The molecule has 0 saturated carbocycles. The van der Waals surface area contributed by atoms with Gasteiger partial charge in [0.25, 0.3) is 0 Å². The van der Waals surface area contributed by atoms with Crippen LogP contribution in [0, 0.1) is 0 Å². The molecule has 0 aliphatic carbocycles. The Morgan fingerprint density at radius 2 is 1.77 bits per heavy atom. The smallest absolute Gasteiger partial charge is 0.350 e. The third-order valence-electron chi connectivity index (χ3n) is 3.75. The van der Waals surface area contributed by atoms with Crippen LogP contribution in [0.3, 0.4) is 0 Å². The summed E-state index contributed by atoms with van der Waals surface area (Å²) in [6.07, 6.45) is 3.68. The summed E-state index contributed by atoms with van der Waals surface area (Å²) in [5.74, 6) is 0.115. The Hall–Kier alpha value is -3.06. The first-order chi connectivity index (χ1) is 12.6. The molecule has 0 amide bonds. The van der Waals surface area contributed by atoms with Gasteiger partial charge in [-0.2, -0.15) is 0 Å². The number of benzene rings is 1. The maximum Gasteiger partial charge on any atom is 0.350 e. The van der Waals surface area contributed by atoms with Crippen LogP contribution in [0.25, 0.3) is 5.69 Å². The number of Topliss-reactive ketones (excluding diaryl/α,β-unsaturated/α-hetero) is 1. The van der Waals surface area contributed by atoms with Gasteiger partial charge in [0.2, 0.25) is 0 Å². The van der Waals surface area contributed by atoms with Gasteiger partial charge in [-0.3, -0.25) is 4.79 Å². The molecular formula is C19H17NO5S. The topological polar surface area (TPSA) is 66.8 Å². The fourth-order valence-electron chi connectivity index (χ4n) is 2.44. The number of methoxy groups -OCH3 is 2. The Morgan fingerprint density at radius 1 is 1.04 bits per heavy atom. The van der Waals surface area contributed by atoms with Crippen molar-refractivity contribution >= 4 is 23.1 Å². The van der Waals surface area contributed by atoms with E-state index in [9.17, 15) is 9.59 Å². The van der Waals surface area contributed by atoms with Crippen molar-refractivity contribution in [3.63, 3.8) is 0 Å². The summed E-state index contributed by atoms with van der Waals surface area (Å²) >= 11 is 1.27. The molecular weight excluding hydrogens is 354 g/mol. The zero-order chi connectivity index (χ0) is 18.5. The highest BCUT2D eigenvalue weighted by atomic mass is 32.1. The first-order valence-electron chi connectivity index (χ1n) is 7.77. The molecule has 0 unspecified atom stereocenters. The molecule has 0 N–H and O–H groups in total. The highest BCUT2D eigenvalue weighted by molar-refractivity contribution is 7.12. The highest BCUT2D eigenvalue weighted by Crippen LogP contribution is 2.28. The number of thiophene rings is 1. The van der Waals surface area contributed by atoms with Gasteiger partial charge in [0.05, 0.1) is 19.9 Å². The lowest BCUT2D eigenvalue weighted by atomic mass is 10.1. The molecule has 2 heterocycles. The quantitative estimate of drug-likeness (QED) is 0.469. The fraction of sp³-hybridized carbons (Fsp3) is 0.158. The molecule has 0 aliphatic rings. The molecule has 3 aromatic rings. The van der Waals surface area contributed by atoms with Crippen molar-refractivity contribution in [1.29, 1.82) is 0 Å². The van der Waals surface area contributed by atoms with E-state index in [1.165, 1.54) is 25.6 Å². The van der Waals surface area contributed by atoms with E-state index in [2.05, 4.69) is 0 Å². The van der Waals surface area contributed by atoms with Crippen LogP contribution in [0.1, 0.15) is 20.0 Å². The van der Waals surface area contributed by atoms with Crippen LogP contribution < -0.4 is 9.47 Å². The van der Waals surface area contributed by atoms with Crippen LogP contribution in [0.2, 0.25) is 0 Å². The Kier molecular flexibility index (Phi) is 5.38. The summed E-state index contributed by atoms with van der Waals surface area (Å²) in [5.41, 5.74) is 1.11. The number of nitrogens with zero attached hydrogens (tertiary/aromatic N) is 1. The van der Waals surface area contributed by atoms with Gasteiger partial charge in [0.1, 0.15) is 4.88 Å². The molecule has 3 rings (SSSR count). The van der Waals surface area contributed by atoms with Gasteiger partial charge >= 0.3 is 5.97 Å². The van der Waals surface area contributed by atoms with Crippen molar-refractivity contribution in [2.24, 2.45) is 0 Å². The average Bonchev–Trinajstić information content (AvgIpc) is 3.36. The largest absolute Gasteiger partial charge is 0.493 e. The first kappa shape index (κ1) is 17.8. The van der Waals surface area contributed by atoms with E-state index in [4.69, 9.17) is 14.2 Å². The van der Waals surface area contributed by atoms with Gasteiger partial charge in [0.15, 0.2) is 23.9 Å². The average molecular weight is 371 g/mol. The number of ketones is 1. The predicted octanol–water partition coefficient (Wildman–Crippen LogP) is 3.60. The fourth-order valence-corrected chi connectivity index (χ4v) is 3.23. The van der Waals surface area contributed by atoms with E-state index in [0.717, 1.165) is 5.69 Å². The third-order valence-corrected chi connectivity index (χ3v) is 4.64. The van der Waals surface area contributed by atoms with E-state index < -0.39 is 5.97 Å². The molecule has 0 fully saturated rings. The van der Waals surface area contributed by atoms with Crippen LogP contribution in [-0.4, -0.2) is 37.1 Å². The van der Waals surface area contributed by atoms with E-state index >= 15 is 0 Å². The number of esters is 1. The van der Waals surface area contributed by atoms with Crippen LogP contribution in [0.15, 0.2) is 54.2 Å². The summed E-state index contributed by atoms with van der Waals surface area (Å²) in [6.45, 7) is -0.350. The molecule has 0 bridgehead atoms. The summed E-state index contributed by atoms with van der Waals surface area (Å²) in [5, 5.41) is 1.81. The molecule has 2 aromatic heterocycles. The predicted molar refractivity (Wildman–Crippen MR) is 97.8 cm³/mol. The number of hydrogen-bond acceptors (Lipinski definition) is 6.